The summed E-state index contributed by atoms with van der Waals surface area (Å²) >= 11 is 0. The van der Waals surface area contributed by atoms with E-state index in [1.54, 1.807) is 7.11 Å². The Labute approximate surface area is 119 Å². The summed E-state index contributed by atoms with van der Waals surface area (Å²) in [7, 11) is 1.67. The van der Waals surface area contributed by atoms with Gasteiger partial charge in [0, 0.05) is 25.7 Å². The number of ether oxygens (including phenoxy) is 2. The summed E-state index contributed by atoms with van der Waals surface area (Å²) in [5.41, 5.74) is 1.18. The number of hydrogen-bond donors (Lipinski definition) is 0. The normalized spacial score (nSPS) is 23.2. The minimum atomic E-state index is 0.150. The van der Waals surface area contributed by atoms with Gasteiger partial charge in [0.15, 0.2) is 0 Å². The number of hydrogen-bond acceptors (Lipinski definition) is 3. The lowest BCUT2D eigenvalue weighted by atomic mass is 9.90. The quantitative estimate of drug-likeness (QED) is 0.850. The number of carbonyl (C=O) groups excluding carboxylic acids is 1. The van der Waals surface area contributed by atoms with Gasteiger partial charge in [-0.3, -0.25) is 4.79 Å². The zero-order chi connectivity index (χ0) is 13.9. The van der Waals surface area contributed by atoms with Crippen LogP contribution in [0.2, 0.25) is 0 Å². The smallest absolute Gasteiger partial charge is 0.226 e. The van der Waals surface area contributed by atoms with E-state index < -0.39 is 0 Å². The molecule has 2 fully saturated rings. The maximum Gasteiger partial charge on any atom is 0.226 e. The van der Waals surface area contributed by atoms with Gasteiger partial charge in [-0.2, -0.15) is 0 Å². The highest BCUT2D eigenvalue weighted by Gasteiger charge is 2.37. The monoisotopic (exact) mass is 275 g/mol. The summed E-state index contributed by atoms with van der Waals surface area (Å²) < 4.78 is 10.6. The number of nitrogens with zero attached hydrogens (tertiary/aromatic N) is 1. The van der Waals surface area contributed by atoms with Crippen LogP contribution in [-0.2, 0) is 9.53 Å². The summed E-state index contributed by atoms with van der Waals surface area (Å²) in [6.07, 6.45) is 2.77. The first-order valence-corrected chi connectivity index (χ1v) is 7.32. The van der Waals surface area contributed by atoms with Crippen molar-refractivity contribution in [3.8, 4) is 5.75 Å². The number of benzene rings is 1. The lowest BCUT2D eigenvalue weighted by Crippen LogP contribution is -2.48. The molecule has 0 spiro atoms. The molecule has 1 unspecified atom stereocenters. The molecule has 3 rings (SSSR count). The Bertz CT molecular complexity index is 482. The van der Waals surface area contributed by atoms with Crippen molar-refractivity contribution in [1.82, 2.24) is 4.90 Å². The van der Waals surface area contributed by atoms with Gasteiger partial charge >= 0.3 is 0 Å². The van der Waals surface area contributed by atoms with Crippen LogP contribution in [0.25, 0.3) is 0 Å². The van der Waals surface area contributed by atoms with Gasteiger partial charge in [0.1, 0.15) is 5.75 Å². The number of likely N-dealkylation sites (tertiary alicyclic amines) is 1. The third-order valence-electron chi connectivity index (χ3n) is 4.35. The molecule has 0 N–H and O–H groups in total. The van der Waals surface area contributed by atoms with Crippen LogP contribution in [0.3, 0.4) is 0 Å². The largest absolute Gasteiger partial charge is 0.497 e. The van der Waals surface area contributed by atoms with Crippen molar-refractivity contribution in [1.29, 1.82) is 0 Å². The van der Waals surface area contributed by atoms with Gasteiger partial charge in [0.05, 0.1) is 13.2 Å². The van der Waals surface area contributed by atoms with Crippen molar-refractivity contribution in [2.24, 2.45) is 5.92 Å². The highest BCUT2D eigenvalue weighted by atomic mass is 16.5. The van der Waals surface area contributed by atoms with Gasteiger partial charge in [-0.15, -0.1) is 0 Å². The Morgan fingerprint density at radius 1 is 1.30 bits per heavy atom. The van der Waals surface area contributed by atoms with E-state index in [2.05, 4.69) is 6.07 Å². The molecule has 1 atom stereocenters. The highest BCUT2D eigenvalue weighted by molar-refractivity contribution is 5.80. The molecule has 0 aromatic heterocycles. The van der Waals surface area contributed by atoms with Gasteiger partial charge in [-0.1, -0.05) is 12.1 Å². The van der Waals surface area contributed by atoms with Gasteiger partial charge < -0.3 is 14.4 Å². The van der Waals surface area contributed by atoms with Gasteiger partial charge in [-0.25, -0.2) is 0 Å². The predicted molar refractivity (Wildman–Crippen MR) is 75.6 cm³/mol. The van der Waals surface area contributed by atoms with E-state index in [0.29, 0.717) is 19.1 Å². The number of carbonyl (C=O) groups is 1. The highest BCUT2D eigenvalue weighted by Crippen LogP contribution is 2.36. The SMILES string of the molecule is COc1cccc(C2CCN2C(=O)C2CCOCC2)c1. The van der Waals surface area contributed by atoms with Gasteiger partial charge in [0.25, 0.3) is 0 Å². The predicted octanol–water partition coefficient (Wildman–Crippen LogP) is 2.40. The molecular formula is C16H21NO3. The molecule has 1 amide bonds. The van der Waals surface area contributed by atoms with Gasteiger partial charge in [-0.05, 0) is 37.0 Å². The zero-order valence-corrected chi connectivity index (χ0v) is 11.9. The molecule has 4 nitrogen and oxygen atoms in total. The summed E-state index contributed by atoms with van der Waals surface area (Å²) in [6.45, 7) is 2.31. The van der Waals surface area contributed by atoms with Crippen molar-refractivity contribution in [2.45, 2.75) is 25.3 Å². The third-order valence-corrected chi connectivity index (χ3v) is 4.35. The molecule has 108 valence electrons. The molecular weight excluding hydrogens is 254 g/mol. The maximum absolute atomic E-state index is 12.6. The Balaban J connectivity index is 1.70. The molecule has 2 aliphatic heterocycles. The molecule has 0 saturated carbocycles. The van der Waals surface area contributed by atoms with E-state index in [0.717, 1.165) is 31.6 Å². The lowest BCUT2D eigenvalue weighted by Gasteiger charge is -2.43. The summed E-state index contributed by atoms with van der Waals surface area (Å²) in [5.74, 6) is 1.30. The summed E-state index contributed by atoms with van der Waals surface area (Å²) in [6, 6.07) is 8.27. The Morgan fingerprint density at radius 2 is 2.10 bits per heavy atom. The second-order valence-corrected chi connectivity index (χ2v) is 5.50. The van der Waals surface area contributed by atoms with E-state index in [1.807, 2.05) is 23.1 Å². The first-order valence-electron chi connectivity index (χ1n) is 7.32. The fourth-order valence-corrected chi connectivity index (χ4v) is 3.03. The van der Waals surface area contributed by atoms with Crippen molar-refractivity contribution < 1.29 is 14.3 Å². The number of amides is 1. The molecule has 1 aromatic carbocycles. The first-order chi connectivity index (χ1) is 9.79. The van der Waals surface area contributed by atoms with Crippen molar-refractivity contribution in [3.63, 3.8) is 0 Å². The topological polar surface area (TPSA) is 38.8 Å². The molecule has 4 heteroatoms. The maximum atomic E-state index is 12.6. The van der Waals surface area contributed by atoms with Crippen LogP contribution in [-0.4, -0.2) is 37.7 Å². The molecule has 2 heterocycles. The number of rotatable bonds is 3. The second kappa shape index (κ2) is 5.83. The van der Waals surface area contributed by atoms with Crippen LogP contribution >= 0.6 is 0 Å². The Morgan fingerprint density at radius 3 is 2.75 bits per heavy atom. The summed E-state index contributed by atoms with van der Waals surface area (Å²) in [5, 5.41) is 0. The van der Waals surface area contributed by atoms with Crippen LogP contribution in [0, 0.1) is 5.92 Å². The summed E-state index contributed by atoms with van der Waals surface area (Å²) in [4.78, 5) is 14.6. The molecule has 20 heavy (non-hydrogen) atoms. The first kappa shape index (κ1) is 13.4. The van der Waals surface area contributed by atoms with Crippen molar-refractivity contribution >= 4 is 5.91 Å². The van der Waals surface area contributed by atoms with Crippen molar-refractivity contribution in [2.75, 3.05) is 26.9 Å². The number of methoxy groups -OCH3 is 1. The average molecular weight is 275 g/mol. The average Bonchev–Trinajstić information content (AvgIpc) is 2.47. The Kier molecular flexibility index (Phi) is 3.92. The standard InChI is InChI=1S/C16H21NO3/c1-19-14-4-2-3-13(11-14)15-5-8-17(15)16(18)12-6-9-20-10-7-12/h2-4,11-12,15H,5-10H2,1H3. The van der Waals surface area contributed by atoms with Gasteiger partial charge in [0.2, 0.25) is 5.91 Å². The van der Waals surface area contributed by atoms with Crippen LogP contribution < -0.4 is 4.74 Å². The fraction of sp³-hybridized carbons (Fsp3) is 0.562. The van der Waals surface area contributed by atoms with E-state index in [4.69, 9.17) is 9.47 Å². The van der Waals surface area contributed by atoms with E-state index in [1.165, 1.54) is 5.56 Å². The molecule has 1 aromatic rings. The molecule has 0 bridgehead atoms. The van der Waals surface area contributed by atoms with Crippen LogP contribution in [0.1, 0.15) is 30.9 Å². The minimum Gasteiger partial charge on any atom is -0.497 e. The molecule has 2 saturated heterocycles. The molecule has 0 aliphatic carbocycles. The lowest BCUT2D eigenvalue weighted by molar-refractivity contribution is -0.146. The van der Waals surface area contributed by atoms with E-state index in [9.17, 15) is 4.79 Å². The van der Waals surface area contributed by atoms with E-state index >= 15 is 0 Å². The van der Waals surface area contributed by atoms with Crippen LogP contribution in [0.5, 0.6) is 5.75 Å². The van der Waals surface area contributed by atoms with Crippen LogP contribution in [0.15, 0.2) is 24.3 Å². The molecule has 2 aliphatic rings. The minimum absolute atomic E-state index is 0.150. The van der Waals surface area contributed by atoms with Crippen molar-refractivity contribution in [3.05, 3.63) is 29.8 Å². The van der Waals surface area contributed by atoms with Crippen LogP contribution in [0.4, 0.5) is 0 Å². The second-order valence-electron chi connectivity index (χ2n) is 5.50. The zero-order valence-electron chi connectivity index (χ0n) is 11.9. The van der Waals surface area contributed by atoms with E-state index in [-0.39, 0.29) is 12.0 Å². The fourth-order valence-electron chi connectivity index (χ4n) is 3.03. The molecule has 0 radical (unpaired) electrons. The Hall–Kier alpha value is -1.55. The third kappa shape index (κ3) is 2.52.